The predicted octanol–water partition coefficient (Wildman–Crippen LogP) is 1.52. The van der Waals surface area contributed by atoms with E-state index < -0.39 is 6.23 Å². The van der Waals surface area contributed by atoms with Crippen molar-refractivity contribution in [2.75, 3.05) is 11.5 Å². The van der Waals surface area contributed by atoms with Crippen LogP contribution >= 0.6 is 11.6 Å². The smallest absolute Gasteiger partial charge is 0.224 e. The molecule has 1 aromatic rings. The van der Waals surface area contributed by atoms with Crippen LogP contribution in [0.5, 0.6) is 0 Å². The van der Waals surface area contributed by atoms with Gasteiger partial charge in [-0.15, -0.1) is 0 Å². The van der Waals surface area contributed by atoms with Crippen molar-refractivity contribution in [2.24, 2.45) is 5.92 Å². The SMILES string of the molecule is CC(C)[C@H]1COC(C=O)N1c1ccnc(Cl)n1. The second kappa shape index (κ2) is 4.98. The van der Waals surface area contributed by atoms with Crippen molar-refractivity contribution in [3.63, 3.8) is 0 Å². The number of anilines is 1. The van der Waals surface area contributed by atoms with Crippen LogP contribution in [0.3, 0.4) is 0 Å². The van der Waals surface area contributed by atoms with Crippen LogP contribution in [0.2, 0.25) is 5.28 Å². The molecule has 2 rings (SSSR count). The van der Waals surface area contributed by atoms with Gasteiger partial charge in [-0.05, 0) is 23.6 Å². The number of aromatic nitrogens is 2. The van der Waals surface area contributed by atoms with E-state index in [0.29, 0.717) is 18.3 Å². The second-order valence-corrected chi connectivity index (χ2v) is 4.60. The van der Waals surface area contributed by atoms with Gasteiger partial charge < -0.3 is 9.64 Å². The molecule has 0 radical (unpaired) electrons. The third kappa shape index (κ3) is 2.40. The molecular weight excluding hydrogens is 242 g/mol. The maximum absolute atomic E-state index is 11.0. The summed E-state index contributed by atoms with van der Waals surface area (Å²) < 4.78 is 5.44. The van der Waals surface area contributed by atoms with Gasteiger partial charge in [-0.1, -0.05) is 13.8 Å². The van der Waals surface area contributed by atoms with Crippen LogP contribution in [0.4, 0.5) is 5.82 Å². The lowest BCUT2D eigenvalue weighted by atomic mass is 10.0. The Labute approximate surface area is 105 Å². The standard InChI is InChI=1S/C11H14ClN3O2/c1-7(2)8-6-17-10(5-16)15(8)9-3-4-13-11(12)14-9/h3-5,7-8,10H,6H2,1-2H3/t8-,10?/m1/s1. The molecule has 2 heterocycles. The summed E-state index contributed by atoms with van der Waals surface area (Å²) in [7, 11) is 0. The fourth-order valence-electron chi connectivity index (χ4n) is 1.94. The zero-order valence-electron chi connectivity index (χ0n) is 9.71. The number of ether oxygens (including phenoxy) is 1. The van der Waals surface area contributed by atoms with Crippen molar-refractivity contribution in [3.05, 3.63) is 17.5 Å². The molecule has 17 heavy (non-hydrogen) atoms. The Balaban J connectivity index is 2.34. The first-order valence-corrected chi connectivity index (χ1v) is 5.85. The van der Waals surface area contributed by atoms with Gasteiger partial charge in [-0.25, -0.2) is 9.97 Å². The van der Waals surface area contributed by atoms with Gasteiger partial charge in [0.05, 0.1) is 12.6 Å². The van der Waals surface area contributed by atoms with E-state index >= 15 is 0 Å². The number of carbonyl (C=O) groups excluding carboxylic acids is 1. The minimum absolute atomic E-state index is 0.121. The number of hydrogen-bond donors (Lipinski definition) is 0. The maximum atomic E-state index is 11.0. The highest BCUT2D eigenvalue weighted by Crippen LogP contribution is 2.27. The van der Waals surface area contributed by atoms with E-state index in [1.807, 2.05) is 4.90 Å². The van der Waals surface area contributed by atoms with E-state index in [1.54, 1.807) is 12.3 Å². The molecule has 0 aromatic carbocycles. The van der Waals surface area contributed by atoms with Gasteiger partial charge in [-0.3, -0.25) is 4.79 Å². The van der Waals surface area contributed by atoms with Crippen molar-refractivity contribution in [2.45, 2.75) is 26.1 Å². The van der Waals surface area contributed by atoms with Crippen molar-refractivity contribution in [1.82, 2.24) is 9.97 Å². The first-order valence-electron chi connectivity index (χ1n) is 5.47. The van der Waals surface area contributed by atoms with E-state index in [-0.39, 0.29) is 11.3 Å². The first-order chi connectivity index (χ1) is 8.13. The lowest BCUT2D eigenvalue weighted by molar-refractivity contribution is -0.115. The van der Waals surface area contributed by atoms with Crippen LogP contribution in [0, 0.1) is 5.92 Å². The zero-order chi connectivity index (χ0) is 12.4. The number of aldehydes is 1. The lowest BCUT2D eigenvalue weighted by Crippen LogP contribution is -2.41. The highest BCUT2D eigenvalue weighted by Gasteiger charge is 2.36. The van der Waals surface area contributed by atoms with Crippen LogP contribution in [-0.4, -0.2) is 35.1 Å². The number of nitrogens with zero attached hydrogens (tertiary/aromatic N) is 3. The topological polar surface area (TPSA) is 55.3 Å². The van der Waals surface area contributed by atoms with E-state index in [2.05, 4.69) is 23.8 Å². The highest BCUT2D eigenvalue weighted by atomic mass is 35.5. The fraction of sp³-hybridized carbons (Fsp3) is 0.545. The molecule has 1 aliphatic heterocycles. The predicted molar refractivity (Wildman–Crippen MR) is 64.0 cm³/mol. The van der Waals surface area contributed by atoms with Gasteiger partial charge in [0, 0.05) is 6.20 Å². The van der Waals surface area contributed by atoms with Crippen LogP contribution in [-0.2, 0) is 9.53 Å². The molecule has 0 bridgehead atoms. The molecule has 1 saturated heterocycles. The van der Waals surface area contributed by atoms with Crippen molar-refractivity contribution in [1.29, 1.82) is 0 Å². The fourth-order valence-corrected chi connectivity index (χ4v) is 2.08. The third-order valence-corrected chi connectivity index (χ3v) is 3.01. The molecule has 0 saturated carbocycles. The average Bonchev–Trinajstić information content (AvgIpc) is 2.72. The summed E-state index contributed by atoms with van der Waals surface area (Å²) in [4.78, 5) is 20.8. The van der Waals surface area contributed by atoms with Gasteiger partial charge in [0.2, 0.25) is 5.28 Å². The molecule has 5 nitrogen and oxygen atoms in total. The summed E-state index contributed by atoms with van der Waals surface area (Å²) in [6.07, 6.45) is 1.76. The molecule has 1 unspecified atom stereocenters. The van der Waals surface area contributed by atoms with E-state index in [4.69, 9.17) is 16.3 Å². The Kier molecular flexibility index (Phi) is 3.59. The number of halogens is 1. The summed E-state index contributed by atoms with van der Waals surface area (Å²) >= 11 is 5.76. The van der Waals surface area contributed by atoms with Crippen molar-refractivity contribution < 1.29 is 9.53 Å². The van der Waals surface area contributed by atoms with Crippen LogP contribution < -0.4 is 4.90 Å². The maximum Gasteiger partial charge on any atom is 0.224 e. The molecule has 0 N–H and O–H groups in total. The van der Waals surface area contributed by atoms with Crippen molar-refractivity contribution >= 4 is 23.7 Å². The number of rotatable bonds is 3. The Morgan fingerprint density at radius 3 is 3.00 bits per heavy atom. The van der Waals surface area contributed by atoms with Gasteiger partial charge in [0.1, 0.15) is 5.82 Å². The number of carbonyl (C=O) groups is 1. The molecular formula is C11H14ClN3O2. The first kappa shape index (κ1) is 12.3. The summed E-state index contributed by atoms with van der Waals surface area (Å²) in [5.41, 5.74) is 0. The normalized spacial score (nSPS) is 24.4. The van der Waals surface area contributed by atoms with Crippen LogP contribution in [0.15, 0.2) is 12.3 Å². The second-order valence-electron chi connectivity index (χ2n) is 4.26. The Bertz CT molecular complexity index is 413. The molecule has 2 atom stereocenters. The van der Waals surface area contributed by atoms with Gasteiger partial charge >= 0.3 is 0 Å². The monoisotopic (exact) mass is 255 g/mol. The molecule has 0 aliphatic carbocycles. The average molecular weight is 256 g/mol. The molecule has 6 heteroatoms. The molecule has 92 valence electrons. The quantitative estimate of drug-likeness (QED) is 0.605. The van der Waals surface area contributed by atoms with E-state index in [1.165, 1.54) is 0 Å². The molecule has 1 aromatic heterocycles. The van der Waals surface area contributed by atoms with Gasteiger partial charge in [0.25, 0.3) is 0 Å². The molecule has 0 amide bonds. The largest absolute Gasteiger partial charge is 0.349 e. The lowest BCUT2D eigenvalue weighted by Gasteiger charge is -2.28. The van der Waals surface area contributed by atoms with Gasteiger partial charge in [-0.2, -0.15) is 0 Å². The van der Waals surface area contributed by atoms with E-state index in [9.17, 15) is 4.79 Å². The van der Waals surface area contributed by atoms with E-state index in [0.717, 1.165) is 6.29 Å². The molecule has 0 spiro atoms. The van der Waals surface area contributed by atoms with Crippen LogP contribution in [0.1, 0.15) is 13.8 Å². The summed E-state index contributed by atoms with van der Waals surface area (Å²) in [6.45, 7) is 4.68. The summed E-state index contributed by atoms with van der Waals surface area (Å²) in [5, 5.41) is 0.168. The summed E-state index contributed by atoms with van der Waals surface area (Å²) in [6, 6.07) is 1.85. The minimum atomic E-state index is -0.589. The third-order valence-electron chi connectivity index (χ3n) is 2.83. The zero-order valence-corrected chi connectivity index (χ0v) is 10.5. The number of hydrogen-bond acceptors (Lipinski definition) is 5. The summed E-state index contributed by atoms with van der Waals surface area (Å²) in [5.74, 6) is 0.979. The minimum Gasteiger partial charge on any atom is -0.349 e. The van der Waals surface area contributed by atoms with Gasteiger partial charge in [0.15, 0.2) is 12.5 Å². The molecule has 1 fully saturated rings. The Morgan fingerprint density at radius 1 is 1.65 bits per heavy atom. The Hall–Kier alpha value is -1.20. The Morgan fingerprint density at radius 2 is 2.41 bits per heavy atom. The molecule has 1 aliphatic rings. The highest BCUT2D eigenvalue weighted by molar-refractivity contribution is 6.28. The van der Waals surface area contributed by atoms with Crippen LogP contribution in [0.25, 0.3) is 0 Å². The van der Waals surface area contributed by atoms with Crippen molar-refractivity contribution in [3.8, 4) is 0 Å².